The van der Waals surface area contributed by atoms with Gasteiger partial charge in [0, 0.05) is 6.04 Å². The van der Waals surface area contributed by atoms with Crippen LogP contribution in [0.25, 0.3) is 0 Å². The van der Waals surface area contributed by atoms with Crippen LogP contribution < -0.4 is 10.1 Å². The summed E-state index contributed by atoms with van der Waals surface area (Å²) in [6.45, 7) is 7.49. The molecule has 1 rings (SSSR count). The van der Waals surface area contributed by atoms with E-state index in [4.69, 9.17) is 16.3 Å². The third-order valence-electron chi connectivity index (χ3n) is 2.59. The summed E-state index contributed by atoms with van der Waals surface area (Å²) in [7, 11) is 0. The van der Waals surface area contributed by atoms with Gasteiger partial charge in [0.2, 0.25) is 0 Å². The maximum Gasteiger partial charge on any atom is 0.138 e. The Labute approximate surface area is 109 Å². The molecule has 1 aromatic carbocycles. The van der Waals surface area contributed by atoms with Crippen LogP contribution in [0.15, 0.2) is 24.3 Å². The lowest BCUT2D eigenvalue weighted by Crippen LogP contribution is -2.31. The normalized spacial score (nSPS) is 14.4. The molecule has 0 aromatic heterocycles. The zero-order valence-corrected chi connectivity index (χ0v) is 11.6. The van der Waals surface area contributed by atoms with Gasteiger partial charge in [-0.15, -0.1) is 0 Å². The maximum absolute atomic E-state index is 6.05. The van der Waals surface area contributed by atoms with Gasteiger partial charge in [-0.25, -0.2) is 0 Å². The minimum atomic E-state index is 0.161. The second kappa shape index (κ2) is 7.57. The van der Waals surface area contributed by atoms with Gasteiger partial charge in [-0.2, -0.15) is 0 Å². The third kappa shape index (κ3) is 5.42. The summed E-state index contributed by atoms with van der Waals surface area (Å²) in [5.74, 6) is 0.768. The molecule has 0 saturated carbocycles. The Morgan fingerprint density at radius 1 is 1.29 bits per heavy atom. The fourth-order valence-electron chi connectivity index (χ4n) is 1.78. The van der Waals surface area contributed by atoms with E-state index in [1.54, 1.807) is 0 Å². The zero-order chi connectivity index (χ0) is 12.7. The van der Waals surface area contributed by atoms with Crippen molar-refractivity contribution < 1.29 is 4.74 Å². The summed E-state index contributed by atoms with van der Waals surface area (Å²) in [4.78, 5) is 0. The van der Waals surface area contributed by atoms with Crippen molar-refractivity contribution in [3.05, 3.63) is 29.3 Å². The van der Waals surface area contributed by atoms with Gasteiger partial charge in [-0.05, 0) is 45.4 Å². The van der Waals surface area contributed by atoms with Crippen molar-refractivity contribution in [2.24, 2.45) is 0 Å². The highest BCUT2D eigenvalue weighted by molar-refractivity contribution is 6.32. The Hall–Kier alpha value is -0.730. The lowest BCUT2D eigenvalue weighted by Gasteiger charge is -2.20. The SMILES string of the molecule is CCCNC(C)CC(C)Oc1ccccc1Cl. The van der Waals surface area contributed by atoms with E-state index in [0.29, 0.717) is 11.1 Å². The van der Waals surface area contributed by atoms with Gasteiger partial charge in [0.1, 0.15) is 5.75 Å². The van der Waals surface area contributed by atoms with E-state index in [0.717, 1.165) is 25.1 Å². The lowest BCUT2D eigenvalue weighted by molar-refractivity contribution is 0.196. The molecule has 0 amide bonds. The Bertz CT molecular complexity index is 330. The van der Waals surface area contributed by atoms with Crippen molar-refractivity contribution in [2.45, 2.75) is 45.8 Å². The first-order valence-corrected chi connectivity index (χ1v) is 6.65. The second-order valence-corrected chi connectivity index (χ2v) is 4.86. The van der Waals surface area contributed by atoms with Crippen molar-refractivity contribution in [2.75, 3.05) is 6.54 Å². The average Bonchev–Trinajstić information content (AvgIpc) is 2.29. The van der Waals surface area contributed by atoms with Crippen LogP contribution >= 0.6 is 11.6 Å². The Kier molecular flexibility index (Phi) is 6.38. The molecule has 96 valence electrons. The Morgan fingerprint density at radius 3 is 2.65 bits per heavy atom. The van der Waals surface area contributed by atoms with E-state index < -0.39 is 0 Å². The molecule has 0 aliphatic carbocycles. The molecule has 2 nitrogen and oxygen atoms in total. The molecule has 3 heteroatoms. The maximum atomic E-state index is 6.05. The quantitative estimate of drug-likeness (QED) is 0.798. The molecule has 2 unspecified atom stereocenters. The standard InChI is InChI=1S/C14H22ClNO/c1-4-9-16-11(2)10-12(3)17-14-8-6-5-7-13(14)15/h5-8,11-12,16H,4,9-10H2,1-3H3. The molecule has 0 bridgehead atoms. The molecule has 0 aliphatic heterocycles. The Morgan fingerprint density at radius 2 is 2.00 bits per heavy atom. The fourth-order valence-corrected chi connectivity index (χ4v) is 1.96. The molecule has 0 heterocycles. The predicted molar refractivity (Wildman–Crippen MR) is 73.9 cm³/mol. The first-order chi connectivity index (χ1) is 8.13. The van der Waals surface area contributed by atoms with Gasteiger partial charge in [-0.1, -0.05) is 30.7 Å². The number of hydrogen-bond acceptors (Lipinski definition) is 2. The van der Waals surface area contributed by atoms with Crippen LogP contribution in [0.4, 0.5) is 0 Å². The first kappa shape index (κ1) is 14.3. The summed E-state index contributed by atoms with van der Waals surface area (Å²) in [6.07, 6.45) is 2.30. The van der Waals surface area contributed by atoms with E-state index in [9.17, 15) is 0 Å². The van der Waals surface area contributed by atoms with Crippen LogP contribution in [0.1, 0.15) is 33.6 Å². The topological polar surface area (TPSA) is 21.3 Å². The van der Waals surface area contributed by atoms with E-state index in [1.165, 1.54) is 0 Å². The van der Waals surface area contributed by atoms with Crippen LogP contribution in [0.5, 0.6) is 5.75 Å². The fraction of sp³-hybridized carbons (Fsp3) is 0.571. The van der Waals surface area contributed by atoms with Crippen molar-refractivity contribution in [3.8, 4) is 5.75 Å². The summed E-state index contributed by atoms with van der Waals surface area (Å²) < 4.78 is 5.82. The van der Waals surface area contributed by atoms with Gasteiger partial charge in [0.25, 0.3) is 0 Å². The first-order valence-electron chi connectivity index (χ1n) is 6.28. The van der Waals surface area contributed by atoms with Crippen LogP contribution in [0, 0.1) is 0 Å². The van der Waals surface area contributed by atoms with Gasteiger partial charge < -0.3 is 10.1 Å². The zero-order valence-electron chi connectivity index (χ0n) is 10.9. The molecule has 2 atom stereocenters. The van der Waals surface area contributed by atoms with E-state index >= 15 is 0 Å². The van der Waals surface area contributed by atoms with Gasteiger partial charge in [-0.3, -0.25) is 0 Å². The largest absolute Gasteiger partial charge is 0.489 e. The summed E-state index contributed by atoms with van der Waals surface area (Å²) in [5, 5.41) is 4.13. The number of halogens is 1. The van der Waals surface area contributed by atoms with Crippen molar-refractivity contribution in [1.82, 2.24) is 5.32 Å². The van der Waals surface area contributed by atoms with Gasteiger partial charge in [0.05, 0.1) is 11.1 Å². The molecule has 1 aromatic rings. The Balaban J connectivity index is 2.39. The number of ether oxygens (including phenoxy) is 1. The van der Waals surface area contributed by atoms with Gasteiger partial charge >= 0.3 is 0 Å². The average molecular weight is 256 g/mol. The molecular formula is C14H22ClNO. The highest BCUT2D eigenvalue weighted by atomic mass is 35.5. The lowest BCUT2D eigenvalue weighted by atomic mass is 10.1. The minimum Gasteiger partial charge on any atom is -0.489 e. The van der Waals surface area contributed by atoms with Crippen molar-refractivity contribution in [3.63, 3.8) is 0 Å². The summed E-state index contributed by atoms with van der Waals surface area (Å²) in [5.41, 5.74) is 0. The van der Waals surface area contributed by atoms with Crippen LogP contribution in [0.3, 0.4) is 0 Å². The highest BCUT2D eigenvalue weighted by Crippen LogP contribution is 2.24. The van der Waals surface area contributed by atoms with E-state index in [2.05, 4.69) is 26.1 Å². The molecular weight excluding hydrogens is 234 g/mol. The number of rotatable bonds is 7. The van der Waals surface area contributed by atoms with E-state index in [1.807, 2.05) is 24.3 Å². The number of nitrogens with one attached hydrogen (secondary N) is 1. The minimum absolute atomic E-state index is 0.161. The molecule has 0 aliphatic rings. The summed E-state index contributed by atoms with van der Waals surface area (Å²) in [6, 6.07) is 8.07. The van der Waals surface area contributed by atoms with Crippen LogP contribution in [-0.2, 0) is 0 Å². The predicted octanol–water partition coefficient (Wildman–Crippen LogP) is 3.89. The monoisotopic (exact) mass is 255 g/mol. The van der Waals surface area contributed by atoms with Crippen LogP contribution in [0.2, 0.25) is 5.02 Å². The third-order valence-corrected chi connectivity index (χ3v) is 2.91. The molecule has 0 fully saturated rings. The molecule has 0 saturated heterocycles. The number of para-hydroxylation sites is 1. The molecule has 1 N–H and O–H groups in total. The molecule has 0 spiro atoms. The van der Waals surface area contributed by atoms with Gasteiger partial charge in [0.15, 0.2) is 0 Å². The van der Waals surface area contributed by atoms with Crippen molar-refractivity contribution in [1.29, 1.82) is 0 Å². The summed E-state index contributed by atoms with van der Waals surface area (Å²) >= 11 is 6.05. The van der Waals surface area contributed by atoms with Crippen molar-refractivity contribution >= 4 is 11.6 Å². The molecule has 0 radical (unpaired) electrons. The van der Waals surface area contributed by atoms with E-state index in [-0.39, 0.29) is 6.10 Å². The highest BCUT2D eigenvalue weighted by Gasteiger charge is 2.10. The second-order valence-electron chi connectivity index (χ2n) is 4.45. The number of hydrogen-bond donors (Lipinski definition) is 1. The molecule has 17 heavy (non-hydrogen) atoms. The number of benzene rings is 1. The smallest absolute Gasteiger partial charge is 0.138 e. The van der Waals surface area contributed by atoms with Crippen LogP contribution in [-0.4, -0.2) is 18.7 Å².